The maximum absolute atomic E-state index is 13.0. The van der Waals surface area contributed by atoms with Crippen LogP contribution in [0.15, 0.2) is 0 Å². The number of rotatable bonds is 6. The Morgan fingerprint density at radius 1 is 1.40 bits per heavy atom. The van der Waals surface area contributed by atoms with E-state index in [9.17, 15) is 13.2 Å². The first-order valence-electron chi connectivity index (χ1n) is 8.65. The molecule has 1 saturated carbocycles. The third kappa shape index (κ3) is 4.66. The third-order valence-corrected chi connectivity index (χ3v) is 6.34. The number of nitrogens with two attached hydrogens (primary N) is 1. The number of hydrogen-bond donors (Lipinski definition) is 2. The summed E-state index contributed by atoms with van der Waals surface area (Å²) in [6, 6.07) is 0. The molecule has 1 heterocycles. The zero-order chi connectivity index (χ0) is 18.2. The molecule has 7 nitrogen and oxygen atoms in total. The molecule has 3 atom stereocenters. The Labute approximate surface area is 157 Å². The summed E-state index contributed by atoms with van der Waals surface area (Å²) in [7, 11) is -3.21. The topological polar surface area (TPSA) is 102 Å². The summed E-state index contributed by atoms with van der Waals surface area (Å²) in [6.07, 6.45) is 3.47. The van der Waals surface area contributed by atoms with Gasteiger partial charge < -0.3 is 15.4 Å². The number of nitrogens with zero attached hydrogens (tertiary/aromatic N) is 1. The summed E-state index contributed by atoms with van der Waals surface area (Å²) in [5, 5.41) is 0. The lowest BCUT2D eigenvalue weighted by atomic mass is 9.54. The van der Waals surface area contributed by atoms with Crippen molar-refractivity contribution in [2.24, 2.45) is 17.1 Å². The van der Waals surface area contributed by atoms with Crippen LogP contribution in [0.1, 0.15) is 40.0 Å². The Bertz CT molecular complexity index is 584. The van der Waals surface area contributed by atoms with E-state index in [-0.39, 0.29) is 30.3 Å². The number of sulfonamides is 1. The molecule has 148 valence electrons. The first-order chi connectivity index (χ1) is 11.0. The molecule has 1 amide bonds. The minimum atomic E-state index is -3.21. The van der Waals surface area contributed by atoms with Gasteiger partial charge in [0.25, 0.3) is 0 Å². The minimum Gasteiger partial charge on any atom is -0.378 e. The van der Waals surface area contributed by atoms with Crippen LogP contribution in [0, 0.1) is 11.3 Å². The molecular formula is C16H32ClN3O4S. The van der Waals surface area contributed by atoms with Crippen molar-refractivity contribution in [3.05, 3.63) is 0 Å². The van der Waals surface area contributed by atoms with Gasteiger partial charge in [-0.2, -0.15) is 0 Å². The lowest BCUT2D eigenvalue weighted by Crippen LogP contribution is -2.76. The SMILES string of the molecule is CCOC1CC(N)(C(=O)N2CCCC(CNS(C)(=O)=O)C2)C1(C)C.Cl. The van der Waals surface area contributed by atoms with Crippen LogP contribution in [0.3, 0.4) is 0 Å². The molecule has 2 aliphatic rings. The van der Waals surface area contributed by atoms with Crippen LogP contribution in [-0.2, 0) is 19.6 Å². The smallest absolute Gasteiger partial charge is 0.243 e. The summed E-state index contributed by atoms with van der Waals surface area (Å²) in [5.41, 5.74) is 5.17. The predicted octanol–water partition coefficient (Wildman–Crippen LogP) is 0.729. The van der Waals surface area contributed by atoms with Gasteiger partial charge in [0, 0.05) is 38.1 Å². The fourth-order valence-corrected chi connectivity index (χ4v) is 4.30. The summed E-state index contributed by atoms with van der Waals surface area (Å²) in [6.45, 7) is 8.13. The number of likely N-dealkylation sites (tertiary alicyclic amines) is 1. The summed E-state index contributed by atoms with van der Waals surface area (Å²) < 4.78 is 30.8. The average molecular weight is 398 g/mol. The van der Waals surface area contributed by atoms with Gasteiger partial charge in [0.1, 0.15) is 5.54 Å². The largest absolute Gasteiger partial charge is 0.378 e. The first-order valence-corrected chi connectivity index (χ1v) is 10.5. The van der Waals surface area contributed by atoms with Crippen LogP contribution in [-0.4, -0.2) is 63.4 Å². The van der Waals surface area contributed by atoms with Gasteiger partial charge in [-0.15, -0.1) is 12.4 Å². The average Bonchev–Trinajstić information content (AvgIpc) is 2.51. The molecule has 0 aromatic rings. The van der Waals surface area contributed by atoms with Gasteiger partial charge in [-0.1, -0.05) is 13.8 Å². The molecule has 1 aliphatic carbocycles. The van der Waals surface area contributed by atoms with E-state index in [1.54, 1.807) is 0 Å². The van der Waals surface area contributed by atoms with Crippen LogP contribution in [0.4, 0.5) is 0 Å². The zero-order valence-electron chi connectivity index (χ0n) is 15.6. The molecule has 0 bridgehead atoms. The maximum Gasteiger partial charge on any atom is 0.243 e. The standard InChI is InChI=1S/C16H31N3O4S.ClH/c1-5-23-13-9-16(17,15(13,2)3)14(20)19-8-6-7-12(11-19)10-18-24(4,21)22;/h12-13,18H,5-11,17H2,1-4H3;1H. The van der Waals surface area contributed by atoms with Crippen LogP contribution >= 0.6 is 12.4 Å². The second kappa shape index (κ2) is 8.08. The summed E-state index contributed by atoms with van der Waals surface area (Å²) >= 11 is 0. The van der Waals surface area contributed by atoms with Crippen molar-refractivity contribution in [2.45, 2.75) is 51.7 Å². The van der Waals surface area contributed by atoms with E-state index in [0.717, 1.165) is 19.1 Å². The quantitative estimate of drug-likeness (QED) is 0.687. The van der Waals surface area contributed by atoms with Gasteiger partial charge in [-0.05, 0) is 25.7 Å². The van der Waals surface area contributed by atoms with E-state index in [0.29, 0.717) is 32.7 Å². The highest BCUT2D eigenvalue weighted by molar-refractivity contribution is 7.88. The Kier molecular flexibility index (Phi) is 7.32. The number of ether oxygens (including phenoxy) is 1. The van der Waals surface area contributed by atoms with Crippen LogP contribution in [0.5, 0.6) is 0 Å². The molecular weight excluding hydrogens is 366 g/mol. The van der Waals surface area contributed by atoms with Crippen molar-refractivity contribution < 1.29 is 17.9 Å². The van der Waals surface area contributed by atoms with Gasteiger partial charge in [-0.25, -0.2) is 13.1 Å². The van der Waals surface area contributed by atoms with E-state index in [1.165, 1.54) is 0 Å². The molecule has 0 radical (unpaired) electrons. The van der Waals surface area contributed by atoms with E-state index in [2.05, 4.69) is 4.72 Å². The Hall–Kier alpha value is -0.410. The van der Waals surface area contributed by atoms with Crippen molar-refractivity contribution in [3.8, 4) is 0 Å². The molecule has 1 saturated heterocycles. The molecule has 0 aromatic carbocycles. The second-order valence-corrected chi connectivity index (χ2v) is 9.55. The lowest BCUT2D eigenvalue weighted by molar-refractivity contribution is -0.180. The number of carbonyl (C=O) groups is 1. The molecule has 3 unspecified atom stereocenters. The Morgan fingerprint density at radius 2 is 2.04 bits per heavy atom. The lowest BCUT2D eigenvalue weighted by Gasteiger charge is -2.59. The molecule has 2 rings (SSSR count). The van der Waals surface area contributed by atoms with Crippen LogP contribution in [0.2, 0.25) is 0 Å². The highest BCUT2D eigenvalue weighted by Crippen LogP contribution is 2.50. The van der Waals surface area contributed by atoms with Crippen molar-refractivity contribution in [1.29, 1.82) is 0 Å². The predicted molar refractivity (Wildman–Crippen MR) is 100 cm³/mol. The van der Waals surface area contributed by atoms with E-state index in [1.807, 2.05) is 25.7 Å². The molecule has 0 aromatic heterocycles. The second-order valence-electron chi connectivity index (χ2n) is 7.72. The number of amides is 1. The number of carbonyl (C=O) groups excluding carboxylic acids is 1. The van der Waals surface area contributed by atoms with Crippen LogP contribution in [0.25, 0.3) is 0 Å². The van der Waals surface area contributed by atoms with Gasteiger partial charge in [0.05, 0.1) is 12.4 Å². The minimum absolute atomic E-state index is 0. The highest BCUT2D eigenvalue weighted by Gasteiger charge is 2.63. The van der Waals surface area contributed by atoms with Crippen molar-refractivity contribution >= 4 is 28.3 Å². The molecule has 3 N–H and O–H groups in total. The molecule has 1 aliphatic heterocycles. The van der Waals surface area contributed by atoms with Gasteiger partial charge in [-0.3, -0.25) is 4.79 Å². The monoisotopic (exact) mass is 397 g/mol. The first kappa shape index (κ1) is 22.6. The normalized spacial score (nSPS) is 31.8. The van der Waals surface area contributed by atoms with E-state index >= 15 is 0 Å². The van der Waals surface area contributed by atoms with Gasteiger partial charge in [0.15, 0.2) is 0 Å². The third-order valence-electron chi connectivity index (χ3n) is 5.65. The number of hydrogen-bond acceptors (Lipinski definition) is 5. The Morgan fingerprint density at radius 3 is 2.56 bits per heavy atom. The fraction of sp³-hybridized carbons (Fsp3) is 0.938. The van der Waals surface area contributed by atoms with Gasteiger partial charge >= 0.3 is 0 Å². The molecule has 25 heavy (non-hydrogen) atoms. The van der Waals surface area contributed by atoms with E-state index < -0.39 is 21.0 Å². The maximum atomic E-state index is 13.0. The number of halogens is 1. The molecule has 2 fully saturated rings. The van der Waals surface area contributed by atoms with Crippen molar-refractivity contribution in [1.82, 2.24) is 9.62 Å². The number of nitrogens with one attached hydrogen (secondary N) is 1. The van der Waals surface area contributed by atoms with E-state index in [4.69, 9.17) is 10.5 Å². The van der Waals surface area contributed by atoms with Gasteiger partial charge in [0.2, 0.25) is 15.9 Å². The zero-order valence-corrected chi connectivity index (χ0v) is 17.2. The van der Waals surface area contributed by atoms with Crippen molar-refractivity contribution in [3.63, 3.8) is 0 Å². The van der Waals surface area contributed by atoms with Crippen molar-refractivity contribution in [2.75, 3.05) is 32.5 Å². The highest BCUT2D eigenvalue weighted by atomic mass is 35.5. The molecule has 0 spiro atoms. The summed E-state index contributed by atoms with van der Waals surface area (Å²) in [5.74, 6) is 0.0967. The number of piperidine rings is 1. The Balaban J connectivity index is 0.00000312. The molecule has 9 heteroatoms. The van der Waals surface area contributed by atoms with Crippen LogP contribution < -0.4 is 10.5 Å². The fourth-order valence-electron chi connectivity index (χ4n) is 3.77. The summed E-state index contributed by atoms with van der Waals surface area (Å²) in [4.78, 5) is 14.8.